The van der Waals surface area contributed by atoms with Crippen LogP contribution in [0.3, 0.4) is 0 Å². The van der Waals surface area contributed by atoms with E-state index >= 15 is 0 Å². The molecule has 0 aliphatic heterocycles. The van der Waals surface area contributed by atoms with Gasteiger partial charge in [0.15, 0.2) is 34.5 Å². The number of rotatable bonds is 11. The number of benzene rings is 1. The number of hydrogen-bond acceptors (Lipinski definition) is 11. The number of aryl methyl sites for hydroxylation is 1. The number of aliphatic imine (C=N–C) groups is 1. The lowest BCUT2D eigenvalue weighted by molar-refractivity contribution is -0.143. The summed E-state index contributed by atoms with van der Waals surface area (Å²) in [6, 6.07) is 6.27. The maximum Gasteiger partial charge on any atom is 0.407 e. The summed E-state index contributed by atoms with van der Waals surface area (Å²) in [7, 11) is 2.40. The van der Waals surface area contributed by atoms with Crippen LogP contribution in [0.2, 0.25) is 5.15 Å². The lowest BCUT2D eigenvalue weighted by Gasteiger charge is -2.16. The first-order valence-corrected chi connectivity index (χ1v) is 11.4. The molecule has 0 unspecified atom stereocenters. The van der Waals surface area contributed by atoms with Gasteiger partial charge in [0.05, 0.1) is 14.2 Å². The second-order valence-electron chi connectivity index (χ2n) is 7.48. The molecule has 8 N–H and O–H groups in total. The van der Waals surface area contributed by atoms with Gasteiger partial charge in [-0.05, 0) is 37.0 Å². The van der Waals surface area contributed by atoms with Gasteiger partial charge >= 0.3 is 12.1 Å². The van der Waals surface area contributed by atoms with Gasteiger partial charge in [-0.1, -0.05) is 23.7 Å². The number of methoxy groups -OCH3 is 2. The minimum atomic E-state index is -1.01. The number of nitrogens with one attached hydrogen (secondary N) is 2. The Balaban J connectivity index is 1.75. The molecule has 2 amide bonds. The maximum absolute atomic E-state index is 12.2. The normalized spacial score (nSPS) is 11.8. The van der Waals surface area contributed by atoms with E-state index in [1.54, 1.807) is 12.1 Å². The van der Waals surface area contributed by atoms with Crippen molar-refractivity contribution in [1.29, 1.82) is 0 Å². The third kappa shape index (κ3) is 9.33. The fraction of sp³-hybridized carbons (Fsp3) is 0.364. The molecule has 1 aromatic carbocycles. The topological polar surface area (TPSA) is 219 Å². The van der Waals surface area contributed by atoms with Gasteiger partial charge in [0.2, 0.25) is 0 Å². The molecule has 0 radical (unpaired) electrons. The minimum Gasteiger partial charge on any atom is -0.491 e. The molecule has 1 heterocycles. The zero-order chi connectivity index (χ0) is 27.4. The standard InChI is InChI=1S/C22H29ClN8O6/c1-35-20(33)14(28-22(34)36-2)11-37-13-8-6-12(7-9-13)5-3-4-10-27-21(26)31-19(32)15-17(24)30-18(25)16(23)29-15/h6-9,14H,3-5,10-11H2,1-2H3,(H,28,34)(H4,24,25,30)(H3,26,27,31,32)/t14-/m0/s1. The van der Waals surface area contributed by atoms with E-state index in [9.17, 15) is 14.4 Å². The number of hydrogen-bond donors (Lipinski definition) is 5. The number of alkyl carbamates (subject to hydrolysis) is 1. The van der Waals surface area contributed by atoms with Gasteiger partial charge in [-0.2, -0.15) is 0 Å². The Morgan fingerprint density at radius 2 is 1.76 bits per heavy atom. The van der Waals surface area contributed by atoms with Crippen molar-refractivity contribution in [2.75, 3.05) is 38.8 Å². The number of carbonyl (C=O) groups excluding carboxylic acids is 3. The van der Waals surface area contributed by atoms with E-state index in [2.05, 4.69) is 35.1 Å². The maximum atomic E-state index is 12.2. The molecule has 200 valence electrons. The van der Waals surface area contributed by atoms with Crippen LogP contribution in [0.4, 0.5) is 16.4 Å². The number of ether oxygens (including phenoxy) is 3. The second kappa shape index (κ2) is 14.3. The zero-order valence-corrected chi connectivity index (χ0v) is 21.1. The molecule has 0 aliphatic carbocycles. The lowest BCUT2D eigenvalue weighted by Crippen LogP contribution is -2.45. The highest BCUT2D eigenvalue weighted by atomic mass is 35.5. The molecule has 1 atom stereocenters. The second-order valence-corrected chi connectivity index (χ2v) is 7.84. The number of unbranched alkanes of at least 4 members (excludes halogenated alkanes) is 1. The summed E-state index contributed by atoms with van der Waals surface area (Å²) in [4.78, 5) is 47.0. The average molecular weight is 537 g/mol. The first-order chi connectivity index (χ1) is 17.6. The summed E-state index contributed by atoms with van der Waals surface area (Å²) >= 11 is 5.77. The first-order valence-electron chi connectivity index (χ1n) is 11.0. The van der Waals surface area contributed by atoms with Crippen LogP contribution in [0.5, 0.6) is 5.75 Å². The van der Waals surface area contributed by atoms with Crippen LogP contribution in [-0.2, 0) is 20.7 Å². The van der Waals surface area contributed by atoms with E-state index in [1.807, 2.05) is 12.1 Å². The van der Waals surface area contributed by atoms with Gasteiger partial charge < -0.3 is 36.7 Å². The predicted octanol–water partition coefficient (Wildman–Crippen LogP) is 0.638. The molecule has 37 heavy (non-hydrogen) atoms. The highest BCUT2D eigenvalue weighted by molar-refractivity contribution is 6.31. The van der Waals surface area contributed by atoms with Gasteiger partial charge in [-0.15, -0.1) is 0 Å². The average Bonchev–Trinajstić information content (AvgIpc) is 2.88. The van der Waals surface area contributed by atoms with E-state index < -0.39 is 24.0 Å². The van der Waals surface area contributed by atoms with Crippen LogP contribution in [-0.4, -0.2) is 67.3 Å². The summed E-state index contributed by atoms with van der Waals surface area (Å²) in [6.45, 7) is 0.265. The Hall–Kier alpha value is -4.33. The van der Waals surface area contributed by atoms with Crippen LogP contribution in [0.1, 0.15) is 28.9 Å². The molecule has 15 heteroatoms. The molecular weight excluding hydrogens is 508 g/mol. The molecule has 0 saturated heterocycles. The Bertz CT molecular complexity index is 1130. The van der Waals surface area contributed by atoms with Crippen LogP contribution in [0.25, 0.3) is 0 Å². The van der Waals surface area contributed by atoms with E-state index in [4.69, 9.17) is 33.5 Å². The number of halogens is 1. The number of esters is 1. The molecule has 0 bridgehead atoms. The molecule has 0 fully saturated rings. The quantitative estimate of drug-likeness (QED) is 0.116. The molecule has 0 aliphatic rings. The number of amides is 2. The van der Waals surface area contributed by atoms with Gasteiger partial charge in [0, 0.05) is 6.54 Å². The van der Waals surface area contributed by atoms with Crippen molar-refractivity contribution in [3.05, 3.63) is 40.7 Å². The summed E-state index contributed by atoms with van der Waals surface area (Å²) in [5.74, 6) is -1.19. The van der Waals surface area contributed by atoms with E-state index in [1.165, 1.54) is 14.2 Å². The Labute approximate surface area is 217 Å². The molecule has 2 aromatic rings. The number of nitrogen functional groups attached to an aromatic ring is 2. The fourth-order valence-corrected chi connectivity index (χ4v) is 3.03. The number of nitrogens with two attached hydrogens (primary N) is 3. The van der Waals surface area contributed by atoms with Crippen LogP contribution >= 0.6 is 11.6 Å². The number of anilines is 2. The fourth-order valence-electron chi connectivity index (χ4n) is 2.91. The number of guanidine groups is 1. The van der Waals surface area contributed by atoms with Gasteiger partial charge in [-0.3, -0.25) is 15.1 Å². The summed E-state index contributed by atoms with van der Waals surface area (Å²) in [5, 5.41) is 4.58. The number of carbonyl (C=O) groups is 3. The van der Waals surface area contributed by atoms with Gasteiger partial charge in [0.1, 0.15) is 12.4 Å². The number of nitrogens with zero attached hydrogens (tertiary/aromatic N) is 3. The van der Waals surface area contributed by atoms with Crippen molar-refractivity contribution in [3.63, 3.8) is 0 Å². The summed E-state index contributed by atoms with van der Waals surface area (Å²) in [6.07, 6.45) is 1.52. The molecule has 1 aromatic heterocycles. The van der Waals surface area contributed by atoms with Crippen molar-refractivity contribution in [1.82, 2.24) is 20.6 Å². The minimum absolute atomic E-state index is 0.0836. The highest BCUT2D eigenvalue weighted by Gasteiger charge is 2.23. The predicted molar refractivity (Wildman–Crippen MR) is 136 cm³/mol. The Kier molecular flexibility index (Phi) is 11.2. The van der Waals surface area contributed by atoms with Crippen LogP contribution in [0, 0.1) is 0 Å². The third-order valence-electron chi connectivity index (χ3n) is 4.82. The molecular formula is C22H29ClN8O6. The van der Waals surface area contributed by atoms with Crippen molar-refractivity contribution in [2.45, 2.75) is 25.3 Å². The first kappa shape index (κ1) is 28.9. The summed E-state index contributed by atoms with van der Waals surface area (Å²) < 4.78 is 14.7. The van der Waals surface area contributed by atoms with Crippen LogP contribution < -0.4 is 32.6 Å². The van der Waals surface area contributed by atoms with Gasteiger partial charge in [0.25, 0.3) is 5.91 Å². The SMILES string of the molecule is COC(=O)N[C@@H](COc1ccc(CCCCN=C(N)NC(=O)c2nc(Cl)c(N)nc2N)cc1)C(=O)OC. The lowest BCUT2D eigenvalue weighted by atomic mass is 10.1. The Morgan fingerprint density at radius 3 is 2.41 bits per heavy atom. The van der Waals surface area contributed by atoms with E-state index in [-0.39, 0.29) is 35.0 Å². The summed E-state index contributed by atoms with van der Waals surface area (Å²) in [5.41, 5.74) is 17.7. The van der Waals surface area contributed by atoms with Gasteiger partial charge in [-0.25, -0.2) is 19.6 Å². The van der Waals surface area contributed by atoms with E-state index in [0.29, 0.717) is 18.7 Å². The van der Waals surface area contributed by atoms with E-state index in [0.717, 1.165) is 18.4 Å². The highest BCUT2D eigenvalue weighted by Crippen LogP contribution is 2.17. The Morgan fingerprint density at radius 1 is 1.05 bits per heavy atom. The zero-order valence-electron chi connectivity index (χ0n) is 20.3. The number of aromatic nitrogens is 2. The third-order valence-corrected chi connectivity index (χ3v) is 5.10. The molecule has 14 nitrogen and oxygen atoms in total. The molecule has 0 saturated carbocycles. The largest absolute Gasteiger partial charge is 0.491 e. The smallest absolute Gasteiger partial charge is 0.407 e. The molecule has 0 spiro atoms. The van der Waals surface area contributed by atoms with Crippen molar-refractivity contribution < 1.29 is 28.6 Å². The molecule has 2 rings (SSSR count). The van der Waals surface area contributed by atoms with Crippen molar-refractivity contribution in [2.24, 2.45) is 10.7 Å². The van der Waals surface area contributed by atoms with Crippen molar-refractivity contribution >= 4 is 47.2 Å². The van der Waals surface area contributed by atoms with Crippen molar-refractivity contribution in [3.8, 4) is 5.75 Å². The van der Waals surface area contributed by atoms with Crippen LogP contribution in [0.15, 0.2) is 29.3 Å². The monoisotopic (exact) mass is 536 g/mol.